The van der Waals surface area contributed by atoms with E-state index in [9.17, 15) is 9.90 Å². The Morgan fingerprint density at radius 3 is 2.59 bits per heavy atom. The zero-order valence-corrected chi connectivity index (χ0v) is 11.7. The summed E-state index contributed by atoms with van der Waals surface area (Å²) in [4.78, 5) is 14.8. The molecule has 0 aliphatic rings. The molecule has 2 aromatic carbocycles. The third-order valence-corrected chi connectivity index (χ3v) is 3.34. The predicted octanol–water partition coefficient (Wildman–Crippen LogP) is 3.26. The van der Waals surface area contributed by atoms with Gasteiger partial charge in [0.2, 0.25) is 5.88 Å². The lowest BCUT2D eigenvalue weighted by Gasteiger charge is -1.97. The van der Waals surface area contributed by atoms with E-state index in [1.807, 2.05) is 12.1 Å². The summed E-state index contributed by atoms with van der Waals surface area (Å²) >= 11 is 0. The molecule has 0 saturated heterocycles. The van der Waals surface area contributed by atoms with E-state index in [0.717, 1.165) is 11.1 Å². The number of azo groups is 1. The third kappa shape index (κ3) is 2.59. The van der Waals surface area contributed by atoms with Gasteiger partial charge >= 0.3 is 0 Å². The first-order chi connectivity index (χ1) is 10.7. The van der Waals surface area contributed by atoms with Crippen LogP contribution in [-0.2, 0) is 6.54 Å². The summed E-state index contributed by atoms with van der Waals surface area (Å²) in [6.45, 7) is 0.416. The number of carbonyl (C=O) groups excluding carboxylic acids is 1. The van der Waals surface area contributed by atoms with Gasteiger partial charge in [0, 0.05) is 17.5 Å². The van der Waals surface area contributed by atoms with Crippen LogP contribution in [0.15, 0.2) is 58.8 Å². The Balaban J connectivity index is 1.88. The van der Waals surface area contributed by atoms with Crippen molar-refractivity contribution in [1.29, 1.82) is 0 Å². The van der Waals surface area contributed by atoms with Gasteiger partial charge in [0.05, 0.1) is 5.52 Å². The number of para-hydroxylation sites is 1. The minimum Gasteiger partial charge on any atom is -0.493 e. The Bertz CT molecular complexity index is 850. The quantitative estimate of drug-likeness (QED) is 0.646. The molecule has 1 amide bonds. The fourth-order valence-corrected chi connectivity index (χ4v) is 2.15. The molecule has 0 spiro atoms. The van der Waals surface area contributed by atoms with Crippen LogP contribution in [0.1, 0.15) is 15.9 Å². The molecule has 22 heavy (non-hydrogen) atoms. The first-order valence-electron chi connectivity index (χ1n) is 6.74. The topological polar surface area (TPSA) is 104 Å². The lowest BCUT2D eigenvalue weighted by molar-refractivity contribution is 0.0995. The SMILES string of the molecule is NCc1ccc(C(=O)N=Nc2c(O)[nH]c3ccccc23)cc1. The van der Waals surface area contributed by atoms with E-state index in [-0.39, 0.29) is 11.6 Å². The van der Waals surface area contributed by atoms with Crippen molar-refractivity contribution in [2.24, 2.45) is 16.0 Å². The summed E-state index contributed by atoms with van der Waals surface area (Å²) < 4.78 is 0. The lowest BCUT2D eigenvalue weighted by Crippen LogP contribution is -1.98. The molecule has 0 aliphatic heterocycles. The standard InChI is InChI=1S/C16H14N4O2/c17-9-10-5-7-11(8-6-10)15(21)20-19-14-12-3-1-2-4-13(12)18-16(14)22/h1-8,18,22H,9,17H2. The number of aromatic amines is 1. The van der Waals surface area contributed by atoms with E-state index in [1.54, 1.807) is 36.4 Å². The van der Waals surface area contributed by atoms with E-state index < -0.39 is 5.91 Å². The number of amides is 1. The average Bonchev–Trinajstić information content (AvgIpc) is 2.88. The smallest absolute Gasteiger partial charge is 0.295 e. The van der Waals surface area contributed by atoms with Crippen LogP contribution in [0, 0.1) is 0 Å². The van der Waals surface area contributed by atoms with Crippen molar-refractivity contribution in [3.8, 4) is 5.88 Å². The zero-order valence-electron chi connectivity index (χ0n) is 11.7. The Hall–Kier alpha value is -2.99. The Labute approximate surface area is 126 Å². The van der Waals surface area contributed by atoms with Gasteiger partial charge in [-0.1, -0.05) is 30.3 Å². The number of nitrogens with one attached hydrogen (secondary N) is 1. The highest BCUT2D eigenvalue weighted by Gasteiger charge is 2.10. The van der Waals surface area contributed by atoms with Gasteiger partial charge in [0.25, 0.3) is 5.91 Å². The maximum atomic E-state index is 12.0. The minimum atomic E-state index is -0.478. The summed E-state index contributed by atoms with van der Waals surface area (Å²) in [7, 11) is 0. The van der Waals surface area contributed by atoms with Gasteiger partial charge in [-0.05, 0) is 23.8 Å². The molecule has 0 aliphatic carbocycles. The number of aromatic hydroxyl groups is 1. The molecule has 6 heteroatoms. The lowest BCUT2D eigenvalue weighted by atomic mass is 10.1. The van der Waals surface area contributed by atoms with E-state index >= 15 is 0 Å². The van der Waals surface area contributed by atoms with Crippen molar-refractivity contribution in [2.75, 3.05) is 0 Å². The fourth-order valence-electron chi connectivity index (χ4n) is 2.15. The van der Waals surface area contributed by atoms with Crippen molar-refractivity contribution in [1.82, 2.24) is 4.98 Å². The van der Waals surface area contributed by atoms with Crippen LogP contribution in [0.5, 0.6) is 5.88 Å². The molecule has 110 valence electrons. The summed E-state index contributed by atoms with van der Waals surface area (Å²) in [5.74, 6) is -0.593. The molecule has 3 aromatic rings. The molecule has 0 radical (unpaired) electrons. The molecule has 1 heterocycles. The van der Waals surface area contributed by atoms with Crippen molar-refractivity contribution >= 4 is 22.5 Å². The molecule has 1 aromatic heterocycles. The number of aromatic nitrogens is 1. The fraction of sp³-hybridized carbons (Fsp3) is 0.0625. The largest absolute Gasteiger partial charge is 0.493 e. The van der Waals surface area contributed by atoms with Crippen LogP contribution in [0.25, 0.3) is 10.9 Å². The number of nitrogens with zero attached hydrogens (tertiary/aromatic N) is 2. The highest BCUT2D eigenvalue weighted by atomic mass is 16.3. The third-order valence-electron chi connectivity index (χ3n) is 3.34. The number of carbonyl (C=O) groups is 1. The monoisotopic (exact) mass is 294 g/mol. The van der Waals surface area contributed by atoms with Gasteiger partial charge in [-0.3, -0.25) is 4.79 Å². The molecule has 0 unspecified atom stereocenters. The Morgan fingerprint density at radius 1 is 1.14 bits per heavy atom. The maximum absolute atomic E-state index is 12.0. The number of nitrogens with two attached hydrogens (primary N) is 1. The van der Waals surface area contributed by atoms with Crippen molar-refractivity contribution in [3.05, 3.63) is 59.7 Å². The van der Waals surface area contributed by atoms with Crippen LogP contribution < -0.4 is 5.73 Å². The van der Waals surface area contributed by atoms with Crippen LogP contribution in [-0.4, -0.2) is 16.0 Å². The van der Waals surface area contributed by atoms with Gasteiger partial charge in [-0.15, -0.1) is 10.2 Å². The zero-order chi connectivity index (χ0) is 15.5. The van der Waals surface area contributed by atoms with Crippen LogP contribution in [0.3, 0.4) is 0 Å². The molecule has 0 atom stereocenters. The molecule has 4 N–H and O–H groups in total. The number of benzene rings is 2. The molecule has 0 saturated carbocycles. The van der Waals surface area contributed by atoms with Gasteiger partial charge < -0.3 is 15.8 Å². The predicted molar refractivity (Wildman–Crippen MR) is 83.1 cm³/mol. The maximum Gasteiger partial charge on any atom is 0.295 e. The number of rotatable bonds is 3. The summed E-state index contributed by atoms with van der Waals surface area (Å²) in [5, 5.41) is 18.1. The first kappa shape index (κ1) is 14.0. The summed E-state index contributed by atoms with van der Waals surface area (Å²) in [6, 6.07) is 14.1. The van der Waals surface area contributed by atoms with Crippen LogP contribution in [0.4, 0.5) is 5.69 Å². The van der Waals surface area contributed by atoms with Gasteiger partial charge in [-0.2, -0.15) is 0 Å². The minimum absolute atomic E-state index is 0.115. The number of hydrogen-bond donors (Lipinski definition) is 3. The number of H-pyrrole nitrogens is 1. The summed E-state index contributed by atoms with van der Waals surface area (Å²) in [6.07, 6.45) is 0. The molecule has 0 fully saturated rings. The second kappa shape index (κ2) is 5.79. The highest BCUT2D eigenvalue weighted by Crippen LogP contribution is 2.35. The Morgan fingerprint density at radius 2 is 1.86 bits per heavy atom. The first-order valence-corrected chi connectivity index (χ1v) is 6.74. The van der Waals surface area contributed by atoms with E-state index in [2.05, 4.69) is 15.2 Å². The number of fused-ring (bicyclic) bond motifs is 1. The van der Waals surface area contributed by atoms with Crippen LogP contribution in [0.2, 0.25) is 0 Å². The molecular formula is C16H14N4O2. The van der Waals surface area contributed by atoms with Gasteiger partial charge in [0.1, 0.15) is 0 Å². The average molecular weight is 294 g/mol. The molecule has 3 rings (SSSR count). The van der Waals surface area contributed by atoms with Crippen molar-refractivity contribution in [2.45, 2.75) is 6.54 Å². The van der Waals surface area contributed by atoms with Gasteiger partial charge in [-0.25, -0.2) is 0 Å². The van der Waals surface area contributed by atoms with Crippen molar-refractivity contribution < 1.29 is 9.90 Å². The van der Waals surface area contributed by atoms with E-state index in [1.165, 1.54) is 0 Å². The second-order valence-electron chi connectivity index (χ2n) is 4.77. The van der Waals surface area contributed by atoms with Crippen LogP contribution >= 0.6 is 0 Å². The van der Waals surface area contributed by atoms with E-state index in [0.29, 0.717) is 17.5 Å². The molecule has 6 nitrogen and oxygen atoms in total. The summed E-state index contributed by atoms with van der Waals surface area (Å²) in [5.41, 5.74) is 7.84. The van der Waals surface area contributed by atoms with Gasteiger partial charge in [0.15, 0.2) is 5.69 Å². The van der Waals surface area contributed by atoms with Crippen molar-refractivity contribution in [3.63, 3.8) is 0 Å². The second-order valence-corrected chi connectivity index (χ2v) is 4.77. The normalized spacial score (nSPS) is 11.3. The molecule has 0 bridgehead atoms. The Kier molecular flexibility index (Phi) is 3.67. The highest BCUT2D eigenvalue weighted by molar-refractivity contribution is 5.96. The molecular weight excluding hydrogens is 280 g/mol. The van der Waals surface area contributed by atoms with E-state index in [4.69, 9.17) is 5.73 Å². The number of hydrogen-bond acceptors (Lipinski definition) is 4.